The van der Waals surface area contributed by atoms with Gasteiger partial charge in [-0.1, -0.05) is 0 Å². The molecule has 2 fully saturated rings. The first-order valence-electron chi connectivity index (χ1n) is 7.09. The number of aromatic nitrogens is 3. The average Bonchev–Trinajstić information content (AvgIpc) is 2.89. The van der Waals surface area contributed by atoms with Crippen molar-refractivity contribution < 1.29 is 14.3 Å². The lowest BCUT2D eigenvalue weighted by atomic mass is 10.1. The van der Waals surface area contributed by atoms with Gasteiger partial charge in [0.2, 0.25) is 11.8 Å². The van der Waals surface area contributed by atoms with Crippen molar-refractivity contribution in [2.75, 3.05) is 33.4 Å². The van der Waals surface area contributed by atoms with E-state index in [1.165, 1.54) is 0 Å². The highest BCUT2D eigenvalue weighted by molar-refractivity contribution is 5.82. The third-order valence-corrected chi connectivity index (χ3v) is 4.15. The number of carbonyl (C=O) groups is 2. The third-order valence-electron chi connectivity index (χ3n) is 4.15. The predicted octanol–water partition coefficient (Wildman–Crippen LogP) is -1.02. The first-order chi connectivity index (χ1) is 10.1. The molecule has 0 radical (unpaired) electrons. The molecule has 114 valence electrons. The Labute approximate surface area is 122 Å². The van der Waals surface area contributed by atoms with E-state index in [0.717, 1.165) is 0 Å². The summed E-state index contributed by atoms with van der Waals surface area (Å²) in [5.74, 6) is -0.114. The maximum absolute atomic E-state index is 12.4. The highest BCUT2D eigenvalue weighted by Gasteiger charge is 2.38. The van der Waals surface area contributed by atoms with Crippen LogP contribution in [0.5, 0.6) is 0 Å². The molecule has 3 rings (SSSR count). The van der Waals surface area contributed by atoms with Crippen LogP contribution in [0.2, 0.25) is 0 Å². The van der Waals surface area contributed by atoms with E-state index < -0.39 is 0 Å². The average molecular weight is 293 g/mol. The van der Waals surface area contributed by atoms with Gasteiger partial charge in [0.25, 0.3) is 0 Å². The van der Waals surface area contributed by atoms with Gasteiger partial charge in [0.15, 0.2) is 0 Å². The van der Waals surface area contributed by atoms with Crippen molar-refractivity contribution in [3.63, 3.8) is 0 Å². The summed E-state index contributed by atoms with van der Waals surface area (Å²) in [7, 11) is 1.79. The van der Waals surface area contributed by atoms with E-state index in [2.05, 4.69) is 10.2 Å². The Hall–Kier alpha value is -1.96. The first kappa shape index (κ1) is 14.0. The number of fused-ring (bicyclic) bond motifs is 3. The molecule has 0 N–H and O–H groups in total. The molecule has 2 bridgehead atoms. The van der Waals surface area contributed by atoms with Gasteiger partial charge < -0.3 is 19.1 Å². The number of likely N-dealkylation sites (N-methyl/N-ethyl adjacent to an activating group) is 1. The zero-order chi connectivity index (χ0) is 14.8. The minimum absolute atomic E-state index is 0.0520. The molecule has 0 unspecified atom stereocenters. The van der Waals surface area contributed by atoms with Crippen LogP contribution in [-0.2, 0) is 20.9 Å². The Balaban J connectivity index is 1.65. The molecule has 0 spiro atoms. The van der Waals surface area contributed by atoms with Crippen LogP contribution in [-0.4, -0.2) is 75.8 Å². The fraction of sp³-hybridized carbons (Fsp3) is 0.692. The van der Waals surface area contributed by atoms with Crippen LogP contribution >= 0.6 is 0 Å². The Morgan fingerprint density at radius 3 is 2.86 bits per heavy atom. The second kappa shape index (κ2) is 5.80. The highest BCUT2D eigenvalue weighted by Crippen LogP contribution is 2.20. The second-order valence-electron chi connectivity index (χ2n) is 5.59. The molecule has 3 heterocycles. The molecule has 0 aromatic carbocycles. The maximum Gasteiger partial charge on any atom is 0.229 e. The number of ether oxygens (including phenoxy) is 1. The maximum atomic E-state index is 12.4. The molecule has 2 saturated heterocycles. The molecule has 1 aromatic rings. The van der Waals surface area contributed by atoms with Crippen LogP contribution in [0.3, 0.4) is 0 Å². The van der Waals surface area contributed by atoms with E-state index in [9.17, 15) is 9.59 Å². The van der Waals surface area contributed by atoms with Gasteiger partial charge in [-0.3, -0.25) is 9.59 Å². The Morgan fingerprint density at radius 2 is 2.10 bits per heavy atom. The van der Waals surface area contributed by atoms with Crippen molar-refractivity contribution in [1.29, 1.82) is 0 Å². The molecule has 0 saturated carbocycles. The highest BCUT2D eigenvalue weighted by atomic mass is 16.5. The van der Waals surface area contributed by atoms with Crippen LogP contribution in [0.25, 0.3) is 0 Å². The van der Waals surface area contributed by atoms with Gasteiger partial charge in [0.05, 0.1) is 25.2 Å². The number of amides is 2. The number of nitrogens with zero attached hydrogens (tertiary/aromatic N) is 5. The van der Waals surface area contributed by atoms with Crippen LogP contribution in [0.4, 0.5) is 0 Å². The molecule has 0 aliphatic carbocycles. The lowest BCUT2D eigenvalue weighted by molar-refractivity contribution is -0.134. The van der Waals surface area contributed by atoms with Gasteiger partial charge in [-0.05, 0) is 0 Å². The predicted molar refractivity (Wildman–Crippen MR) is 72.1 cm³/mol. The smallest absolute Gasteiger partial charge is 0.229 e. The zero-order valence-corrected chi connectivity index (χ0v) is 12.0. The fourth-order valence-corrected chi connectivity index (χ4v) is 2.82. The largest absolute Gasteiger partial charge is 0.378 e. The molecule has 2 aliphatic rings. The van der Waals surface area contributed by atoms with Gasteiger partial charge in [0, 0.05) is 33.1 Å². The normalized spacial score (nSPS) is 25.9. The fourth-order valence-electron chi connectivity index (χ4n) is 2.82. The SMILES string of the molecule is CN1C(=O)[C@H]2COC[C@@H]1CN(C(=O)CCn1cnnc1)C2. The number of aryl methyl sites for hydroxylation is 1. The molecule has 2 aliphatic heterocycles. The standard InChI is InChI=1S/C13H19N5O3/c1-16-11-5-18(4-10(13(16)20)6-21-7-11)12(19)2-3-17-8-14-15-9-17/h8-11H,2-7H2,1H3/t10-,11+/m1/s1. The summed E-state index contributed by atoms with van der Waals surface area (Å²) in [5.41, 5.74) is 0. The van der Waals surface area contributed by atoms with Gasteiger partial charge in [-0.15, -0.1) is 10.2 Å². The lowest BCUT2D eigenvalue weighted by Crippen LogP contribution is -2.45. The van der Waals surface area contributed by atoms with Crippen molar-refractivity contribution in [3.8, 4) is 0 Å². The van der Waals surface area contributed by atoms with Gasteiger partial charge in [-0.25, -0.2) is 0 Å². The molecule has 2 amide bonds. The second-order valence-corrected chi connectivity index (χ2v) is 5.59. The zero-order valence-electron chi connectivity index (χ0n) is 12.0. The minimum Gasteiger partial charge on any atom is -0.378 e. The van der Waals surface area contributed by atoms with E-state index >= 15 is 0 Å². The Kier molecular flexibility index (Phi) is 3.87. The summed E-state index contributed by atoms with van der Waals surface area (Å²) in [5, 5.41) is 7.43. The van der Waals surface area contributed by atoms with Crippen LogP contribution in [0.15, 0.2) is 12.7 Å². The van der Waals surface area contributed by atoms with Crippen LogP contribution in [0, 0.1) is 5.92 Å². The monoisotopic (exact) mass is 293 g/mol. The van der Waals surface area contributed by atoms with Crippen molar-refractivity contribution in [2.24, 2.45) is 5.92 Å². The summed E-state index contributed by atoms with van der Waals surface area (Å²) in [6.07, 6.45) is 3.57. The molecular weight excluding hydrogens is 274 g/mol. The summed E-state index contributed by atoms with van der Waals surface area (Å²) >= 11 is 0. The number of hydrogen-bond donors (Lipinski definition) is 0. The van der Waals surface area contributed by atoms with Crippen LogP contribution < -0.4 is 0 Å². The first-order valence-corrected chi connectivity index (χ1v) is 7.09. The van der Waals surface area contributed by atoms with Crippen molar-refractivity contribution in [1.82, 2.24) is 24.6 Å². The summed E-state index contributed by atoms with van der Waals surface area (Å²) in [6.45, 7) is 2.43. The van der Waals surface area contributed by atoms with Gasteiger partial charge in [-0.2, -0.15) is 0 Å². The van der Waals surface area contributed by atoms with E-state index in [0.29, 0.717) is 39.3 Å². The molecule has 2 atom stereocenters. The lowest BCUT2D eigenvalue weighted by Gasteiger charge is -2.29. The Morgan fingerprint density at radius 1 is 1.33 bits per heavy atom. The molecule has 1 aromatic heterocycles. The van der Waals surface area contributed by atoms with E-state index in [4.69, 9.17) is 4.74 Å². The molecule has 21 heavy (non-hydrogen) atoms. The van der Waals surface area contributed by atoms with Crippen LogP contribution in [0.1, 0.15) is 6.42 Å². The molecule has 8 nitrogen and oxygen atoms in total. The van der Waals surface area contributed by atoms with Crippen molar-refractivity contribution in [3.05, 3.63) is 12.7 Å². The van der Waals surface area contributed by atoms with Gasteiger partial charge in [0.1, 0.15) is 12.7 Å². The minimum atomic E-state index is -0.249. The topological polar surface area (TPSA) is 80.6 Å². The van der Waals surface area contributed by atoms with Crippen molar-refractivity contribution in [2.45, 2.75) is 19.0 Å². The summed E-state index contributed by atoms with van der Waals surface area (Å²) < 4.78 is 7.30. The van der Waals surface area contributed by atoms with E-state index in [1.807, 2.05) is 0 Å². The Bertz CT molecular complexity index is 518. The summed E-state index contributed by atoms with van der Waals surface area (Å²) in [6, 6.07) is -0.0520. The quantitative estimate of drug-likeness (QED) is 0.713. The number of carbonyl (C=O) groups excluding carboxylic acids is 2. The molecular formula is C13H19N5O3. The van der Waals surface area contributed by atoms with Gasteiger partial charge >= 0.3 is 0 Å². The third kappa shape index (κ3) is 2.90. The molecule has 8 heteroatoms. The summed E-state index contributed by atoms with van der Waals surface area (Å²) in [4.78, 5) is 28.1. The number of hydrogen-bond acceptors (Lipinski definition) is 5. The number of rotatable bonds is 3. The van der Waals surface area contributed by atoms with E-state index in [1.54, 1.807) is 34.1 Å². The van der Waals surface area contributed by atoms with Crippen molar-refractivity contribution >= 4 is 11.8 Å². The van der Waals surface area contributed by atoms with E-state index in [-0.39, 0.29) is 23.8 Å².